The highest BCUT2D eigenvalue weighted by Gasteiger charge is 2.15. The van der Waals surface area contributed by atoms with Gasteiger partial charge in [0.05, 0.1) is 12.8 Å². The number of methoxy groups -OCH3 is 1. The molecule has 0 saturated carbocycles. The van der Waals surface area contributed by atoms with E-state index >= 15 is 0 Å². The number of likely N-dealkylation sites (N-methyl/N-ethyl adjacent to an activating group) is 2. The molecule has 1 rings (SSSR count). The van der Waals surface area contributed by atoms with Gasteiger partial charge in [0.15, 0.2) is 0 Å². The number of nitrogens with one attached hydrogen (secondary N) is 1. The lowest BCUT2D eigenvalue weighted by molar-refractivity contribution is 0.0779. The first kappa shape index (κ1) is 15.2. The number of ether oxygens (including phenoxy) is 1. The molecule has 0 fully saturated rings. The van der Waals surface area contributed by atoms with Crippen molar-refractivity contribution in [3.63, 3.8) is 0 Å². The number of hydrogen-bond acceptors (Lipinski definition) is 5. The van der Waals surface area contributed by atoms with Crippen LogP contribution in [-0.2, 0) is 0 Å². The van der Waals surface area contributed by atoms with E-state index in [1.165, 1.54) is 7.11 Å². The summed E-state index contributed by atoms with van der Waals surface area (Å²) in [6.45, 7) is 1.47. The van der Waals surface area contributed by atoms with E-state index in [-0.39, 0.29) is 5.91 Å². The third-order valence-corrected chi connectivity index (χ3v) is 2.77. The Balaban J connectivity index is 2.81. The van der Waals surface area contributed by atoms with Crippen molar-refractivity contribution in [2.24, 2.45) is 0 Å². The molecule has 0 radical (unpaired) electrons. The van der Waals surface area contributed by atoms with Crippen molar-refractivity contribution in [2.75, 3.05) is 53.7 Å². The van der Waals surface area contributed by atoms with Gasteiger partial charge in [0.2, 0.25) is 5.88 Å². The van der Waals surface area contributed by atoms with E-state index in [2.05, 4.69) is 10.3 Å². The second-order valence-electron chi connectivity index (χ2n) is 4.53. The number of carbonyl (C=O) groups is 1. The van der Waals surface area contributed by atoms with Gasteiger partial charge in [0.1, 0.15) is 5.69 Å². The van der Waals surface area contributed by atoms with Crippen molar-refractivity contribution in [3.05, 3.63) is 17.8 Å². The van der Waals surface area contributed by atoms with Gasteiger partial charge in [0.25, 0.3) is 5.91 Å². The normalized spacial score (nSPS) is 10.4. The van der Waals surface area contributed by atoms with Crippen LogP contribution in [0.25, 0.3) is 0 Å². The highest BCUT2D eigenvalue weighted by atomic mass is 16.5. The predicted molar refractivity (Wildman–Crippen MR) is 75.9 cm³/mol. The van der Waals surface area contributed by atoms with E-state index < -0.39 is 0 Å². The van der Waals surface area contributed by atoms with Crippen LogP contribution in [0.5, 0.6) is 5.88 Å². The van der Waals surface area contributed by atoms with Gasteiger partial charge in [-0.2, -0.15) is 0 Å². The van der Waals surface area contributed by atoms with E-state index in [9.17, 15) is 4.79 Å². The third kappa shape index (κ3) is 4.10. The van der Waals surface area contributed by atoms with Crippen molar-refractivity contribution in [2.45, 2.75) is 0 Å². The average molecular weight is 266 g/mol. The molecule has 1 aromatic rings. The standard InChI is InChI=1S/C13H22N4O2/c1-14-10-6-7-11(15-12(10)19-5)13(18)17(4)9-8-16(2)3/h6-7,14H,8-9H2,1-5H3. The molecular weight excluding hydrogens is 244 g/mol. The molecular formula is C13H22N4O2. The Morgan fingerprint density at radius 3 is 2.53 bits per heavy atom. The SMILES string of the molecule is CNc1ccc(C(=O)N(C)CCN(C)C)nc1OC. The molecule has 1 N–H and O–H groups in total. The number of carbonyl (C=O) groups excluding carboxylic acids is 1. The van der Waals surface area contributed by atoms with Crippen LogP contribution < -0.4 is 10.1 Å². The molecule has 106 valence electrons. The first-order valence-electron chi connectivity index (χ1n) is 6.12. The number of aromatic nitrogens is 1. The Hall–Kier alpha value is -1.82. The van der Waals surface area contributed by atoms with Crippen LogP contribution in [0.15, 0.2) is 12.1 Å². The summed E-state index contributed by atoms with van der Waals surface area (Å²) in [6.07, 6.45) is 0. The van der Waals surface area contributed by atoms with Crippen LogP contribution >= 0.6 is 0 Å². The van der Waals surface area contributed by atoms with Gasteiger partial charge in [-0.15, -0.1) is 0 Å². The highest BCUT2D eigenvalue weighted by Crippen LogP contribution is 2.21. The molecule has 0 aliphatic rings. The molecule has 1 amide bonds. The summed E-state index contributed by atoms with van der Waals surface area (Å²) in [4.78, 5) is 20.1. The minimum Gasteiger partial charge on any atom is -0.480 e. The number of pyridine rings is 1. The molecule has 0 spiro atoms. The predicted octanol–water partition coefficient (Wildman–Crippen LogP) is 0.766. The summed E-state index contributed by atoms with van der Waals surface area (Å²) >= 11 is 0. The summed E-state index contributed by atoms with van der Waals surface area (Å²) in [7, 11) is 9.03. The van der Waals surface area contributed by atoms with Gasteiger partial charge < -0.3 is 19.9 Å². The molecule has 19 heavy (non-hydrogen) atoms. The maximum absolute atomic E-state index is 12.2. The molecule has 0 atom stereocenters. The molecule has 0 aromatic carbocycles. The molecule has 0 saturated heterocycles. The summed E-state index contributed by atoms with van der Waals surface area (Å²) < 4.78 is 5.15. The van der Waals surface area contributed by atoms with E-state index in [1.54, 1.807) is 31.1 Å². The zero-order chi connectivity index (χ0) is 14.4. The summed E-state index contributed by atoms with van der Waals surface area (Å²) in [6, 6.07) is 3.49. The Kier molecular flexibility index (Phi) is 5.57. The molecule has 0 aliphatic heterocycles. The van der Waals surface area contributed by atoms with E-state index in [0.717, 1.165) is 12.2 Å². The lowest BCUT2D eigenvalue weighted by Crippen LogP contribution is -2.34. The van der Waals surface area contributed by atoms with Crippen molar-refractivity contribution in [1.29, 1.82) is 0 Å². The largest absolute Gasteiger partial charge is 0.480 e. The van der Waals surface area contributed by atoms with Gasteiger partial charge in [-0.25, -0.2) is 4.98 Å². The van der Waals surface area contributed by atoms with Crippen molar-refractivity contribution >= 4 is 11.6 Å². The highest BCUT2D eigenvalue weighted by molar-refractivity contribution is 5.92. The molecule has 1 aromatic heterocycles. The number of amides is 1. The fourth-order valence-corrected chi connectivity index (χ4v) is 1.55. The van der Waals surface area contributed by atoms with Gasteiger partial charge in [0, 0.05) is 27.2 Å². The number of nitrogens with zero attached hydrogens (tertiary/aromatic N) is 3. The lowest BCUT2D eigenvalue weighted by Gasteiger charge is -2.19. The molecule has 0 bridgehead atoms. The van der Waals surface area contributed by atoms with E-state index in [1.807, 2.05) is 19.0 Å². The molecule has 0 aliphatic carbocycles. The summed E-state index contributed by atoms with van der Waals surface area (Å²) in [5.74, 6) is 0.317. The Labute approximate surface area is 114 Å². The Morgan fingerprint density at radius 2 is 2.00 bits per heavy atom. The van der Waals surface area contributed by atoms with Gasteiger partial charge in [-0.3, -0.25) is 4.79 Å². The number of rotatable bonds is 6. The van der Waals surface area contributed by atoms with Crippen molar-refractivity contribution < 1.29 is 9.53 Å². The average Bonchev–Trinajstić information content (AvgIpc) is 2.42. The van der Waals surface area contributed by atoms with Crippen LogP contribution in [-0.4, -0.2) is 69.1 Å². The van der Waals surface area contributed by atoms with Crippen molar-refractivity contribution in [3.8, 4) is 5.88 Å². The third-order valence-electron chi connectivity index (χ3n) is 2.77. The zero-order valence-corrected chi connectivity index (χ0v) is 12.2. The smallest absolute Gasteiger partial charge is 0.272 e. The minimum absolute atomic E-state index is 0.109. The van der Waals surface area contributed by atoms with Crippen LogP contribution in [0, 0.1) is 0 Å². The molecule has 0 unspecified atom stereocenters. The van der Waals surface area contributed by atoms with Gasteiger partial charge in [-0.05, 0) is 26.2 Å². The first-order chi connectivity index (χ1) is 8.99. The quantitative estimate of drug-likeness (QED) is 0.824. The fourth-order valence-electron chi connectivity index (χ4n) is 1.55. The van der Waals surface area contributed by atoms with Crippen LogP contribution in [0.3, 0.4) is 0 Å². The second-order valence-corrected chi connectivity index (χ2v) is 4.53. The molecule has 6 heteroatoms. The van der Waals surface area contributed by atoms with Crippen LogP contribution in [0.1, 0.15) is 10.5 Å². The number of anilines is 1. The first-order valence-corrected chi connectivity index (χ1v) is 6.12. The topological polar surface area (TPSA) is 57.7 Å². The van der Waals surface area contributed by atoms with E-state index in [4.69, 9.17) is 4.74 Å². The fraction of sp³-hybridized carbons (Fsp3) is 0.538. The Bertz CT molecular complexity index is 435. The zero-order valence-electron chi connectivity index (χ0n) is 12.2. The summed E-state index contributed by atoms with van der Waals surface area (Å²) in [5, 5.41) is 2.96. The van der Waals surface area contributed by atoms with Crippen LogP contribution in [0.4, 0.5) is 5.69 Å². The monoisotopic (exact) mass is 266 g/mol. The van der Waals surface area contributed by atoms with Gasteiger partial charge >= 0.3 is 0 Å². The molecule has 1 heterocycles. The Morgan fingerprint density at radius 1 is 1.32 bits per heavy atom. The van der Waals surface area contributed by atoms with Crippen LogP contribution in [0.2, 0.25) is 0 Å². The maximum Gasteiger partial charge on any atom is 0.272 e. The van der Waals surface area contributed by atoms with E-state index in [0.29, 0.717) is 18.1 Å². The molecule has 6 nitrogen and oxygen atoms in total. The minimum atomic E-state index is -0.109. The van der Waals surface area contributed by atoms with Gasteiger partial charge in [-0.1, -0.05) is 0 Å². The van der Waals surface area contributed by atoms with Crippen molar-refractivity contribution in [1.82, 2.24) is 14.8 Å². The lowest BCUT2D eigenvalue weighted by atomic mass is 10.3. The maximum atomic E-state index is 12.2. The summed E-state index contributed by atoms with van der Waals surface area (Å²) in [5.41, 5.74) is 1.15. The number of hydrogen-bond donors (Lipinski definition) is 1. The second kappa shape index (κ2) is 6.94.